The molecule has 1 heterocycles. The zero-order chi connectivity index (χ0) is 21.0. The Bertz CT molecular complexity index is 1040. The van der Waals surface area contributed by atoms with E-state index < -0.39 is 5.91 Å². The summed E-state index contributed by atoms with van der Waals surface area (Å²) >= 11 is 0. The van der Waals surface area contributed by atoms with Gasteiger partial charge in [-0.1, -0.05) is 12.1 Å². The van der Waals surface area contributed by atoms with Crippen molar-refractivity contribution >= 4 is 22.8 Å². The van der Waals surface area contributed by atoms with E-state index in [-0.39, 0.29) is 36.3 Å². The van der Waals surface area contributed by atoms with Crippen LogP contribution in [0.2, 0.25) is 0 Å². The minimum atomic E-state index is -0.640. The van der Waals surface area contributed by atoms with Crippen LogP contribution in [0.25, 0.3) is 11.0 Å². The Morgan fingerprint density at radius 3 is 2.38 bits per heavy atom. The number of amides is 2. The zero-order valence-electron chi connectivity index (χ0n) is 16.4. The molecule has 9 heteroatoms. The molecule has 0 radical (unpaired) electrons. The van der Waals surface area contributed by atoms with Gasteiger partial charge in [-0.2, -0.15) is 0 Å². The van der Waals surface area contributed by atoms with Gasteiger partial charge in [-0.05, 0) is 24.3 Å². The number of rotatable bonds is 8. The van der Waals surface area contributed by atoms with Gasteiger partial charge in [-0.15, -0.1) is 0 Å². The number of nitrogens with one attached hydrogen (secondary N) is 1. The quantitative estimate of drug-likeness (QED) is 0.592. The first-order valence-electron chi connectivity index (χ1n) is 8.80. The number of fused-ring (bicyclic) bond motifs is 1. The van der Waals surface area contributed by atoms with Crippen molar-refractivity contribution in [1.29, 1.82) is 0 Å². The number of benzene rings is 2. The topological polar surface area (TPSA) is 118 Å². The van der Waals surface area contributed by atoms with Gasteiger partial charge in [0.1, 0.15) is 5.82 Å². The molecule has 0 unspecified atom stereocenters. The predicted octanol–water partition coefficient (Wildman–Crippen LogP) is 1.38. The first kappa shape index (κ1) is 20.0. The maximum absolute atomic E-state index is 12.7. The van der Waals surface area contributed by atoms with E-state index in [1.807, 2.05) is 35.9 Å². The van der Waals surface area contributed by atoms with Crippen molar-refractivity contribution in [1.82, 2.24) is 14.9 Å². The molecule has 0 fully saturated rings. The van der Waals surface area contributed by atoms with Gasteiger partial charge in [0.2, 0.25) is 5.75 Å². The third-order valence-electron chi connectivity index (χ3n) is 4.37. The molecule has 3 rings (SSSR count). The number of primary amides is 1. The van der Waals surface area contributed by atoms with Crippen LogP contribution in [0, 0.1) is 0 Å². The van der Waals surface area contributed by atoms with Crippen LogP contribution >= 0.6 is 0 Å². The van der Waals surface area contributed by atoms with Gasteiger partial charge in [0.25, 0.3) is 11.8 Å². The number of imidazole rings is 1. The molecule has 0 saturated heterocycles. The molecule has 0 bridgehead atoms. The molecule has 3 aromatic rings. The second-order valence-electron chi connectivity index (χ2n) is 6.22. The summed E-state index contributed by atoms with van der Waals surface area (Å²) in [6, 6.07) is 10.7. The molecule has 0 atom stereocenters. The van der Waals surface area contributed by atoms with Crippen LogP contribution in [-0.2, 0) is 18.4 Å². The highest BCUT2D eigenvalue weighted by atomic mass is 16.5. The first-order valence-corrected chi connectivity index (χ1v) is 8.80. The van der Waals surface area contributed by atoms with E-state index in [2.05, 4.69) is 10.3 Å². The molecule has 2 aromatic carbocycles. The van der Waals surface area contributed by atoms with Crippen molar-refractivity contribution in [3.8, 4) is 17.2 Å². The molecule has 152 valence electrons. The number of nitrogens with two attached hydrogens (primary N) is 1. The summed E-state index contributed by atoms with van der Waals surface area (Å²) in [6.45, 7) is -0.0977. The lowest BCUT2D eigenvalue weighted by atomic mass is 10.1. The van der Waals surface area contributed by atoms with Gasteiger partial charge >= 0.3 is 0 Å². The summed E-state index contributed by atoms with van der Waals surface area (Å²) in [5, 5.41) is 2.84. The minimum Gasteiger partial charge on any atom is -0.493 e. The van der Waals surface area contributed by atoms with Gasteiger partial charge < -0.3 is 29.8 Å². The second-order valence-corrected chi connectivity index (χ2v) is 6.22. The van der Waals surface area contributed by atoms with Gasteiger partial charge in [-0.3, -0.25) is 9.59 Å². The van der Waals surface area contributed by atoms with Crippen LogP contribution in [0.5, 0.6) is 17.2 Å². The van der Waals surface area contributed by atoms with Gasteiger partial charge in [0.15, 0.2) is 18.1 Å². The Kier molecular flexibility index (Phi) is 5.87. The van der Waals surface area contributed by atoms with Crippen LogP contribution in [0.3, 0.4) is 0 Å². The molecular weight excluding hydrogens is 376 g/mol. The summed E-state index contributed by atoms with van der Waals surface area (Å²) < 4.78 is 17.8. The van der Waals surface area contributed by atoms with Crippen LogP contribution in [0.4, 0.5) is 0 Å². The molecule has 0 aliphatic carbocycles. The number of para-hydroxylation sites is 2. The van der Waals surface area contributed by atoms with Crippen LogP contribution in [-0.4, -0.2) is 42.2 Å². The number of aryl methyl sites for hydroxylation is 1. The Balaban J connectivity index is 1.80. The number of aromatic nitrogens is 2. The molecule has 9 nitrogen and oxygen atoms in total. The predicted molar refractivity (Wildman–Crippen MR) is 106 cm³/mol. The van der Waals surface area contributed by atoms with Crippen molar-refractivity contribution in [2.24, 2.45) is 12.8 Å². The standard InChI is InChI=1S/C20H22N4O5/c1-24-14-7-5-4-6-13(14)23-18(24)10-22-20(26)12-8-15(27-2)19(16(9-12)28-3)29-11-17(21)25/h4-9H,10-11H2,1-3H3,(H2,21,25)(H,22,26). The highest BCUT2D eigenvalue weighted by Crippen LogP contribution is 2.38. The number of methoxy groups -OCH3 is 2. The van der Waals surface area contributed by atoms with E-state index in [1.165, 1.54) is 26.4 Å². The van der Waals surface area contributed by atoms with Crippen molar-refractivity contribution in [2.45, 2.75) is 6.54 Å². The molecule has 2 amide bonds. The fourth-order valence-electron chi connectivity index (χ4n) is 2.91. The van der Waals surface area contributed by atoms with Crippen LogP contribution in [0.1, 0.15) is 16.2 Å². The summed E-state index contributed by atoms with van der Waals surface area (Å²) in [4.78, 5) is 28.2. The smallest absolute Gasteiger partial charge is 0.255 e. The third kappa shape index (κ3) is 4.23. The van der Waals surface area contributed by atoms with Gasteiger partial charge in [0, 0.05) is 12.6 Å². The molecule has 29 heavy (non-hydrogen) atoms. The summed E-state index contributed by atoms with van der Waals surface area (Å²) in [5.74, 6) is 0.436. The molecule has 0 spiro atoms. The van der Waals surface area contributed by atoms with E-state index >= 15 is 0 Å². The van der Waals surface area contributed by atoms with Gasteiger partial charge in [0.05, 0.1) is 31.8 Å². The fourth-order valence-corrected chi connectivity index (χ4v) is 2.91. The molecule has 0 aliphatic rings. The van der Waals surface area contributed by atoms with Gasteiger partial charge in [-0.25, -0.2) is 4.98 Å². The van der Waals surface area contributed by atoms with Crippen molar-refractivity contribution in [3.05, 3.63) is 47.8 Å². The monoisotopic (exact) mass is 398 g/mol. The van der Waals surface area contributed by atoms with E-state index in [4.69, 9.17) is 19.9 Å². The van der Waals surface area contributed by atoms with Crippen LogP contribution < -0.4 is 25.3 Å². The zero-order valence-corrected chi connectivity index (χ0v) is 16.4. The molecule has 3 N–H and O–H groups in total. The number of carbonyl (C=O) groups excluding carboxylic acids is 2. The third-order valence-corrected chi connectivity index (χ3v) is 4.37. The largest absolute Gasteiger partial charge is 0.493 e. The molecular formula is C20H22N4O5. The number of carbonyl (C=O) groups is 2. The van der Waals surface area contributed by atoms with E-state index in [1.54, 1.807) is 0 Å². The number of hydrogen-bond donors (Lipinski definition) is 2. The maximum atomic E-state index is 12.7. The minimum absolute atomic E-state index is 0.195. The fraction of sp³-hybridized carbons (Fsp3) is 0.250. The normalized spacial score (nSPS) is 10.6. The SMILES string of the molecule is COc1cc(C(=O)NCc2nc3ccccc3n2C)cc(OC)c1OCC(N)=O. The Labute approximate surface area is 167 Å². The van der Waals surface area contributed by atoms with Crippen molar-refractivity contribution < 1.29 is 23.8 Å². The summed E-state index contributed by atoms with van der Waals surface area (Å²) in [7, 11) is 4.74. The lowest BCUT2D eigenvalue weighted by molar-refractivity contribution is -0.120. The average Bonchev–Trinajstić information content (AvgIpc) is 3.05. The lowest BCUT2D eigenvalue weighted by Gasteiger charge is -2.15. The summed E-state index contributed by atoms with van der Waals surface area (Å²) in [6.07, 6.45) is 0. The molecule has 0 saturated carbocycles. The van der Waals surface area contributed by atoms with E-state index in [0.29, 0.717) is 5.56 Å². The Hall–Kier alpha value is -3.75. The lowest BCUT2D eigenvalue weighted by Crippen LogP contribution is -2.24. The number of ether oxygens (including phenoxy) is 3. The van der Waals surface area contributed by atoms with Crippen LogP contribution in [0.15, 0.2) is 36.4 Å². The Morgan fingerprint density at radius 1 is 1.14 bits per heavy atom. The number of hydrogen-bond acceptors (Lipinski definition) is 6. The van der Waals surface area contributed by atoms with Crippen molar-refractivity contribution in [3.63, 3.8) is 0 Å². The highest BCUT2D eigenvalue weighted by Gasteiger charge is 2.19. The Morgan fingerprint density at radius 2 is 1.79 bits per heavy atom. The van der Waals surface area contributed by atoms with E-state index in [0.717, 1.165) is 16.9 Å². The second kappa shape index (κ2) is 8.51. The van der Waals surface area contributed by atoms with E-state index in [9.17, 15) is 9.59 Å². The first-order chi connectivity index (χ1) is 13.9. The highest BCUT2D eigenvalue weighted by molar-refractivity contribution is 5.95. The number of nitrogens with zero attached hydrogens (tertiary/aromatic N) is 2. The summed E-state index contributed by atoms with van der Waals surface area (Å²) in [5.41, 5.74) is 7.27. The molecule has 0 aliphatic heterocycles. The maximum Gasteiger partial charge on any atom is 0.255 e. The van der Waals surface area contributed by atoms with Crippen molar-refractivity contribution in [2.75, 3.05) is 20.8 Å². The average molecular weight is 398 g/mol. The molecule has 1 aromatic heterocycles.